The number of carbonyl (C=O) groups excluding carboxylic acids is 1. The lowest BCUT2D eigenvalue weighted by Crippen LogP contribution is -2.38. The Morgan fingerprint density at radius 2 is 1.60 bits per heavy atom. The lowest BCUT2D eigenvalue weighted by atomic mass is 9.99. The van der Waals surface area contributed by atoms with E-state index in [-0.39, 0.29) is 29.1 Å². The Balaban J connectivity index is 0.00000248. The fourth-order valence-corrected chi connectivity index (χ4v) is 5.03. The molecule has 0 aliphatic heterocycles. The first kappa shape index (κ1) is 33.9. The lowest BCUT2D eigenvalue weighted by Gasteiger charge is -2.20. The predicted molar refractivity (Wildman–Crippen MR) is 164 cm³/mol. The summed E-state index contributed by atoms with van der Waals surface area (Å²) in [6, 6.07) is 14.1. The Morgan fingerprint density at radius 1 is 0.930 bits per heavy atom. The Kier molecular flexibility index (Phi) is 12.4. The highest BCUT2D eigenvalue weighted by Gasteiger charge is 2.30. The molecular weight excluding hydrogens is 582 g/mol. The maximum Gasteiger partial charge on any atom is 0.416 e. The molecule has 0 heterocycles. The number of ether oxygens (including phenoxy) is 2. The molecule has 3 aromatic carbocycles. The van der Waals surface area contributed by atoms with E-state index in [4.69, 9.17) is 21.1 Å². The zero-order valence-corrected chi connectivity index (χ0v) is 25.4. The van der Waals surface area contributed by atoms with Crippen LogP contribution >= 0.6 is 11.6 Å². The van der Waals surface area contributed by atoms with Gasteiger partial charge < -0.3 is 14.8 Å². The van der Waals surface area contributed by atoms with Crippen LogP contribution in [0.2, 0.25) is 5.02 Å². The molecule has 0 bridgehead atoms. The van der Waals surface area contributed by atoms with Crippen LogP contribution in [0.25, 0.3) is 16.7 Å². The first-order valence-corrected chi connectivity index (χ1v) is 14.5. The molecule has 4 rings (SSSR count). The summed E-state index contributed by atoms with van der Waals surface area (Å²) in [5, 5.41) is 3.11. The van der Waals surface area contributed by atoms with E-state index < -0.39 is 17.6 Å². The van der Waals surface area contributed by atoms with E-state index in [9.17, 15) is 22.4 Å². The molecule has 3 aromatic rings. The van der Waals surface area contributed by atoms with Crippen LogP contribution in [-0.2, 0) is 10.9 Å². The van der Waals surface area contributed by atoms with Gasteiger partial charge in [0.15, 0.2) is 0 Å². The molecule has 0 radical (unpaired) electrons. The second-order valence-corrected chi connectivity index (χ2v) is 10.2. The number of rotatable bonds is 9. The zero-order valence-electron chi connectivity index (χ0n) is 24.7. The monoisotopic (exact) mass is 617 g/mol. The molecule has 0 fully saturated rings. The van der Waals surface area contributed by atoms with Crippen molar-refractivity contribution in [3.05, 3.63) is 106 Å². The number of halogens is 5. The van der Waals surface area contributed by atoms with Crippen LogP contribution in [0, 0.1) is 5.82 Å². The summed E-state index contributed by atoms with van der Waals surface area (Å²) < 4.78 is 63.4. The number of amides is 1. The van der Waals surface area contributed by atoms with E-state index in [1.54, 1.807) is 37.4 Å². The van der Waals surface area contributed by atoms with Crippen molar-refractivity contribution in [3.8, 4) is 16.9 Å². The summed E-state index contributed by atoms with van der Waals surface area (Å²) in [5.41, 5.74) is 3.69. The van der Waals surface area contributed by atoms with E-state index in [2.05, 4.69) is 5.32 Å². The largest absolute Gasteiger partial charge is 0.496 e. The van der Waals surface area contributed by atoms with Crippen molar-refractivity contribution in [2.24, 2.45) is 0 Å². The molecule has 0 saturated heterocycles. The van der Waals surface area contributed by atoms with Crippen LogP contribution in [0.4, 0.5) is 17.6 Å². The Hall–Kier alpha value is -3.62. The number of benzene rings is 3. The summed E-state index contributed by atoms with van der Waals surface area (Å²) in [6.45, 7) is 4.27. The molecule has 230 valence electrons. The third-order valence-electron chi connectivity index (χ3n) is 6.96. The molecule has 1 N–H and O–H groups in total. The van der Waals surface area contributed by atoms with Gasteiger partial charge in [0.1, 0.15) is 11.6 Å². The topological polar surface area (TPSA) is 47.6 Å². The molecule has 1 amide bonds. The molecule has 43 heavy (non-hydrogen) atoms. The molecule has 1 aliphatic rings. The van der Waals surface area contributed by atoms with Crippen LogP contribution in [0.1, 0.15) is 61.0 Å². The summed E-state index contributed by atoms with van der Waals surface area (Å²) in [5.74, 6) is -0.502. The van der Waals surface area contributed by atoms with E-state index in [1.165, 1.54) is 25.3 Å². The van der Waals surface area contributed by atoms with Gasteiger partial charge in [-0.2, -0.15) is 13.2 Å². The molecule has 4 nitrogen and oxygen atoms in total. The highest BCUT2D eigenvalue weighted by Crippen LogP contribution is 2.33. The Labute approximate surface area is 255 Å². The van der Waals surface area contributed by atoms with Gasteiger partial charge in [-0.25, -0.2) is 4.39 Å². The van der Waals surface area contributed by atoms with Crippen molar-refractivity contribution < 1.29 is 31.8 Å². The van der Waals surface area contributed by atoms with Crippen molar-refractivity contribution in [2.75, 3.05) is 20.8 Å². The number of allylic oxidation sites excluding steroid dienone is 3. The quantitative estimate of drug-likeness (QED) is 0.243. The minimum Gasteiger partial charge on any atom is -0.496 e. The smallest absolute Gasteiger partial charge is 0.416 e. The van der Waals surface area contributed by atoms with Gasteiger partial charge in [-0.3, -0.25) is 4.79 Å². The molecule has 1 aliphatic carbocycles. The van der Waals surface area contributed by atoms with Gasteiger partial charge in [0.05, 0.1) is 35.9 Å². The van der Waals surface area contributed by atoms with E-state index in [0.717, 1.165) is 48.1 Å². The normalized spacial score (nSPS) is 14.0. The van der Waals surface area contributed by atoms with Gasteiger partial charge in [-0.05, 0) is 84.3 Å². The van der Waals surface area contributed by atoms with Gasteiger partial charge in [-0.1, -0.05) is 67.4 Å². The van der Waals surface area contributed by atoms with Crippen LogP contribution in [-0.4, -0.2) is 32.8 Å². The van der Waals surface area contributed by atoms with Crippen LogP contribution < -0.4 is 10.1 Å². The summed E-state index contributed by atoms with van der Waals surface area (Å²) >= 11 is 5.97. The molecule has 9 heteroatoms. The first-order valence-electron chi connectivity index (χ1n) is 14.1. The molecule has 0 aromatic heterocycles. The van der Waals surface area contributed by atoms with Gasteiger partial charge in [0, 0.05) is 7.11 Å². The number of alkyl halides is 3. The third kappa shape index (κ3) is 9.18. The van der Waals surface area contributed by atoms with Gasteiger partial charge in [0.2, 0.25) is 0 Å². The van der Waals surface area contributed by atoms with Crippen molar-refractivity contribution in [1.29, 1.82) is 0 Å². The maximum atomic E-state index is 13.6. The molecule has 1 atom stereocenters. The van der Waals surface area contributed by atoms with Crippen molar-refractivity contribution in [1.82, 2.24) is 5.32 Å². The zero-order chi connectivity index (χ0) is 31.6. The second-order valence-electron chi connectivity index (χ2n) is 9.82. The Morgan fingerprint density at radius 3 is 2.23 bits per heavy atom. The average Bonchev–Trinajstić information content (AvgIpc) is 3.24. The summed E-state index contributed by atoms with van der Waals surface area (Å²) in [4.78, 5) is 13.4. The predicted octanol–water partition coefficient (Wildman–Crippen LogP) is 9.53. The number of nitrogens with one attached hydrogen (secondary N) is 1. The van der Waals surface area contributed by atoms with Crippen LogP contribution in [0.3, 0.4) is 0 Å². The maximum absolute atomic E-state index is 13.6. The molecular formula is C34H36ClF4NO3. The highest BCUT2D eigenvalue weighted by atomic mass is 35.5. The van der Waals surface area contributed by atoms with Crippen LogP contribution in [0.5, 0.6) is 5.75 Å². The van der Waals surface area contributed by atoms with E-state index in [1.807, 2.05) is 26.0 Å². The minimum absolute atomic E-state index is 0.0811. The Bertz CT molecular complexity index is 1450. The average molecular weight is 618 g/mol. The first-order chi connectivity index (χ1) is 20.6. The number of carbonyl (C=O) groups is 1. The fourth-order valence-electron chi connectivity index (χ4n) is 4.85. The molecule has 0 spiro atoms. The van der Waals surface area contributed by atoms with Gasteiger partial charge in [0.25, 0.3) is 5.91 Å². The lowest BCUT2D eigenvalue weighted by molar-refractivity contribution is -0.137. The minimum atomic E-state index is -4.43. The van der Waals surface area contributed by atoms with Gasteiger partial charge in [-0.15, -0.1) is 0 Å². The van der Waals surface area contributed by atoms with Crippen LogP contribution in [0.15, 0.2) is 78.4 Å². The van der Waals surface area contributed by atoms with Crippen molar-refractivity contribution in [3.63, 3.8) is 0 Å². The van der Waals surface area contributed by atoms with Gasteiger partial charge >= 0.3 is 6.18 Å². The van der Waals surface area contributed by atoms with Crippen molar-refractivity contribution in [2.45, 2.75) is 51.7 Å². The summed E-state index contributed by atoms with van der Waals surface area (Å²) in [6.07, 6.45) is 2.65. The molecule has 1 unspecified atom stereocenters. The number of methoxy groups -OCH3 is 2. The van der Waals surface area contributed by atoms with E-state index in [0.29, 0.717) is 23.3 Å². The van der Waals surface area contributed by atoms with E-state index >= 15 is 0 Å². The fraction of sp³-hybridized carbons (Fsp3) is 0.324. The molecule has 0 saturated carbocycles. The number of hydrogen-bond donors (Lipinski definition) is 1. The second kappa shape index (κ2) is 15.7. The standard InChI is InChI=1S/C32H30ClF4NO3.C2H6/c1-40-19-26(16-20-4-3-5-21(7-6-20)24-10-14-29(34)28(33)18-24)38-31(39)27-17-23(11-15-30(27)41-2)22-8-12-25(13-9-22)32(35,36)37;1-2/h6-15,17-18,26H,3-5,16,19H2,1-2H3,(H,38,39);1-2H3. The highest BCUT2D eigenvalue weighted by molar-refractivity contribution is 6.30. The SMILES string of the molecule is CC.COCC(CC1=CC=C(c2ccc(F)c(Cl)c2)CCC1)NC(=O)c1cc(-c2ccc(C(F)(F)F)cc2)ccc1OC. The number of hydrogen-bond acceptors (Lipinski definition) is 3. The summed E-state index contributed by atoms with van der Waals surface area (Å²) in [7, 11) is 3.01. The third-order valence-corrected chi connectivity index (χ3v) is 7.25. The van der Waals surface area contributed by atoms with Crippen molar-refractivity contribution >= 4 is 23.1 Å².